The largest absolute Gasteiger partial charge is 0.398 e. The molecule has 1 fully saturated rings. The third-order valence-corrected chi connectivity index (χ3v) is 3.87. The van der Waals surface area contributed by atoms with Gasteiger partial charge >= 0.3 is 0 Å². The molecular formula is C15H22N2O. The van der Waals surface area contributed by atoms with Gasteiger partial charge < -0.3 is 10.6 Å². The van der Waals surface area contributed by atoms with Crippen LogP contribution in [0.4, 0.5) is 5.69 Å². The molecule has 2 unspecified atom stereocenters. The molecule has 1 aromatic carbocycles. The summed E-state index contributed by atoms with van der Waals surface area (Å²) in [5.74, 6) is 0.0795. The number of likely N-dealkylation sites (tertiary alicyclic amines) is 1. The number of piperidine rings is 1. The number of amides is 1. The summed E-state index contributed by atoms with van der Waals surface area (Å²) in [6, 6.07) is 6.27. The molecule has 1 aliphatic rings. The van der Waals surface area contributed by atoms with Crippen molar-refractivity contribution in [1.82, 2.24) is 4.90 Å². The topological polar surface area (TPSA) is 46.3 Å². The first-order chi connectivity index (χ1) is 8.50. The number of benzene rings is 1. The van der Waals surface area contributed by atoms with Gasteiger partial charge in [-0.25, -0.2) is 0 Å². The number of aryl methyl sites for hydroxylation is 1. The molecule has 0 spiro atoms. The van der Waals surface area contributed by atoms with Gasteiger partial charge in [0.05, 0.1) is 5.56 Å². The Hall–Kier alpha value is -1.51. The molecule has 3 nitrogen and oxygen atoms in total. The molecule has 2 atom stereocenters. The Morgan fingerprint density at radius 1 is 1.28 bits per heavy atom. The van der Waals surface area contributed by atoms with E-state index in [2.05, 4.69) is 13.8 Å². The molecule has 0 aliphatic carbocycles. The summed E-state index contributed by atoms with van der Waals surface area (Å²) in [6.07, 6.45) is 3.37. The molecular weight excluding hydrogens is 224 g/mol. The van der Waals surface area contributed by atoms with Crippen molar-refractivity contribution in [1.29, 1.82) is 0 Å². The summed E-state index contributed by atoms with van der Waals surface area (Å²) in [4.78, 5) is 14.6. The van der Waals surface area contributed by atoms with Crippen LogP contribution in [-0.4, -0.2) is 22.9 Å². The van der Waals surface area contributed by atoms with Crippen molar-refractivity contribution in [2.75, 3.05) is 5.73 Å². The highest BCUT2D eigenvalue weighted by Gasteiger charge is 2.30. The van der Waals surface area contributed by atoms with Crippen LogP contribution in [0.1, 0.15) is 49.0 Å². The molecule has 1 heterocycles. The van der Waals surface area contributed by atoms with E-state index in [1.165, 1.54) is 6.42 Å². The quantitative estimate of drug-likeness (QED) is 0.774. The van der Waals surface area contributed by atoms with Crippen LogP contribution in [0.5, 0.6) is 0 Å². The third kappa shape index (κ3) is 2.35. The first-order valence-electron chi connectivity index (χ1n) is 6.69. The van der Waals surface area contributed by atoms with Crippen LogP contribution < -0.4 is 5.73 Å². The van der Waals surface area contributed by atoms with Gasteiger partial charge in [-0.3, -0.25) is 4.79 Å². The molecule has 0 bridgehead atoms. The molecule has 2 N–H and O–H groups in total. The molecule has 98 valence electrons. The van der Waals surface area contributed by atoms with Gasteiger partial charge in [0.2, 0.25) is 0 Å². The van der Waals surface area contributed by atoms with Crippen molar-refractivity contribution in [3.8, 4) is 0 Å². The maximum atomic E-state index is 12.6. The van der Waals surface area contributed by atoms with Gasteiger partial charge in [-0.1, -0.05) is 11.6 Å². The van der Waals surface area contributed by atoms with Crippen molar-refractivity contribution >= 4 is 11.6 Å². The van der Waals surface area contributed by atoms with E-state index >= 15 is 0 Å². The van der Waals surface area contributed by atoms with Crippen molar-refractivity contribution in [2.24, 2.45) is 0 Å². The van der Waals surface area contributed by atoms with E-state index in [-0.39, 0.29) is 5.91 Å². The average Bonchev–Trinajstić information content (AvgIpc) is 2.32. The van der Waals surface area contributed by atoms with Crippen LogP contribution in [0.25, 0.3) is 0 Å². The van der Waals surface area contributed by atoms with E-state index in [9.17, 15) is 4.79 Å². The van der Waals surface area contributed by atoms with E-state index in [1.807, 2.05) is 30.0 Å². The van der Waals surface area contributed by atoms with Gasteiger partial charge in [-0.2, -0.15) is 0 Å². The first kappa shape index (κ1) is 12.9. The molecule has 0 aromatic heterocycles. The number of hydrogen-bond donors (Lipinski definition) is 1. The van der Waals surface area contributed by atoms with Crippen molar-refractivity contribution < 1.29 is 4.79 Å². The minimum atomic E-state index is 0.0795. The summed E-state index contributed by atoms with van der Waals surface area (Å²) in [6.45, 7) is 6.23. The first-order valence-corrected chi connectivity index (χ1v) is 6.69. The average molecular weight is 246 g/mol. The van der Waals surface area contributed by atoms with E-state index in [0.29, 0.717) is 23.3 Å². The van der Waals surface area contributed by atoms with E-state index in [1.54, 1.807) is 0 Å². The molecule has 1 amide bonds. The number of carbonyl (C=O) groups excluding carboxylic acids is 1. The third-order valence-electron chi connectivity index (χ3n) is 3.87. The van der Waals surface area contributed by atoms with Gasteiger partial charge in [0.15, 0.2) is 0 Å². The molecule has 0 saturated carbocycles. The Morgan fingerprint density at radius 2 is 1.89 bits per heavy atom. The van der Waals surface area contributed by atoms with Crippen LogP contribution in [0, 0.1) is 6.92 Å². The Bertz CT molecular complexity index is 446. The smallest absolute Gasteiger partial charge is 0.256 e. The zero-order valence-electron chi connectivity index (χ0n) is 11.4. The molecule has 1 aliphatic heterocycles. The van der Waals surface area contributed by atoms with Gasteiger partial charge in [-0.15, -0.1) is 0 Å². The fraction of sp³-hybridized carbons (Fsp3) is 0.533. The normalized spacial score (nSPS) is 24.1. The predicted molar refractivity (Wildman–Crippen MR) is 74.5 cm³/mol. The number of nitrogen functional groups attached to an aromatic ring is 1. The van der Waals surface area contributed by atoms with E-state index < -0.39 is 0 Å². The number of nitrogens with zero attached hydrogens (tertiary/aromatic N) is 1. The Labute approximate surface area is 109 Å². The van der Waals surface area contributed by atoms with Crippen molar-refractivity contribution in [3.05, 3.63) is 29.3 Å². The zero-order chi connectivity index (χ0) is 13.3. The number of anilines is 1. The Morgan fingerprint density at radius 3 is 2.50 bits per heavy atom. The highest BCUT2D eigenvalue weighted by molar-refractivity contribution is 5.99. The number of carbonyl (C=O) groups is 1. The van der Waals surface area contributed by atoms with Gasteiger partial charge in [0.1, 0.15) is 0 Å². The molecule has 3 heteroatoms. The summed E-state index contributed by atoms with van der Waals surface area (Å²) in [5, 5.41) is 0. The van der Waals surface area contributed by atoms with Gasteiger partial charge in [-0.05, 0) is 52.2 Å². The highest BCUT2D eigenvalue weighted by Crippen LogP contribution is 2.26. The molecule has 0 radical (unpaired) electrons. The fourth-order valence-corrected chi connectivity index (χ4v) is 2.82. The summed E-state index contributed by atoms with van der Waals surface area (Å²) in [7, 11) is 0. The van der Waals surface area contributed by atoms with E-state index in [0.717, 1.165) is 18.4 Å². The van der Waals surface area contributed by atoms with Gasteiger partial charge in [0, 0.05) is 17.8 Å². The predicted octanol–water partition coefficient (Wildman–Crippen LogP) is 2.98. The molecule has 1 saturated heterocycles. The second kappa shape index (κ2) is 5.01. The maximum absolute atomic E-state index is 12.6. The van der Waals surface area contributed by atoms with Crippen LogP contribution in [0.3, 0.4) is 0 Å². The molecule has 2 rings (SSSR count). The second-order valence-corrected chi connectivity index (χ2v) is 5.43. The Balaban J connectivity index is 2.32. The lowest BCUT2D eigenvalue weighted by Crippen LogP contribution is -2.47. The summed E-state index contributed by atoms with van der Waals surface area (Å²) in [5.41, 5.74) is 8.24. The minimum absolute atomic E-state index is 0.0795. The van der Waals surface area contributed by atoms with Gasteiger partial charge in [0.25, 0.3) is 5.91 Å². The van der Waals surface area contributed by atoms with E-state index in [4.69, 9.17) is 5.73 Å². The maximum Gasteiger partial charge on any atom is 0.256 e. The standard InChI is InChI=1S/C15H22N2O/c1-10-7-8-14(16)13(9-10)15(18)17-11(2)5-4-6-12(17)3/h7-9,11-12H,4-6,16H2,1-3H3. The monoisotopic (exact) mass is 246 g/mol. The lowest BCUT2D eigenvalue weighted by Gasteiger charge is -2.39. The lowest BCUT2D eigenvalue weighted by molar-refractivity contribution is 0.0512. The van der Waals surface area contributed by atoms with Crippen molar-refractivity contribution in [3.63, 3.8) is 0 Å². The molecule has 18 heavy (non-hydrogen) atoms. The van der Waals surface area contributed by atoms with Crippen molar-refractivity contribution in [2.45, 2.75) is 52.1 Å². The SMILES string of the molecule is Cc1ccc(N)c(C(=O)N2C(C)CCCC2C)c1. The zero-order valence-corrected chi connectivity index (χ0v) is 11.4. The summed E-state index contributed by atoms with van der Waals surface area (Å²) >= 11 is 0. The number of rotatable bonds is 1. The summed E-state index contributed by atoms with van der Waals surface area (Å²) < 4.78 is 0. The van der Waals surface area contributed by atoms with Crippen LogP contribution in [-0.2, 0) is 0 Å². The lowest BCUT2D eigenvalue weighted by atomic mass is 9.96. The highest BCUT2D eigenvalue weighted by atomic mass is 16.2. The minimum Gasteiger partial charge on any atom is -0.398 e. The number of hydrogen-bond acceptors (Lipinski definition) is 2. The van der Waals surface area contributed by atoms with Crippen LogP contribution in [0.2, 0.25) is 0 Å². The van der Waals surface area contributed by atoms with Crippen LogP contribution >= 0.6 is 0 Å². The fourth-order valence-electron chi connectivity index (χ4n) is 2.82. The number of nitrogens with two attached hydrogens (primary N) is 1. The van der Waals surface area contributed by atoms with Crippen LogP contribution in [0.15, 0.2) is 18.2 Å². The second-order valence-electron chi connectivity index (χ2n) is 5.43. The Kier molecular flexibility index (Phi) is 3.60. The molecule has 1 aromatic rings.